The molecule has 0 aliphatic carbocycles. The summed E-state index contributed by atoms with van der Waals surface area (Å²) < 4.78 is 55.3. The SMILES string of the molecule is CCCCCCOCC(COCCCNC(=O)C(F)(F)F)OP(O)N(C(C)C)C(C)C. The molecule has 7 nitrogen and oxygen atoms in total. The Morgan fingerprint density at radius 3 is 2.03 bits per heavy atom. The van der Waals surface area contributed by atoms with Gasteiger partial charge in [-0.05, 0) is 40.5 Å². The topological polar surface area (TPSA) is 80.3 Å². The van der Waals surface area contributed by atoms with E-state index in [1.165, 1.54) is 0 Å². The van der Waals surface area contributed by atoms with E-state index in [-0.39, 0.29) is 44.9 Å². The number of alkyl halides is 3. The molecule has 0 saturated heterocycles. The first-order valence-electron chi connectivity index (χ1n) is 10.9. The lowest BCUT2D eigenvalue weighted by molar-refractivity contribution is -0.173. The summed E-state index contributed by atoms with van der Waals surface area (Å²) in [5.41, 5.74) is 0. The Bertz CT molecular complexity index is 463. The fraction of sp³-hybridized carbons (Fsp3) is 0.950. The quantitative estimate of drug-likeness (QED) is 0.226. The van der Waals surface area contributed by atoms with Crippen LogP contribution in [0.3, 0.4) is 0 Å². The number of hydrogen-bond donors (Lipinski definition) is 2. The lowest BCUT2D eigenvalue weighted by Crippen LogP contribution is -2.37. The standard InChI is InChI=1S/C20H40F3N2O5P/c1-6-7-8-9-12-28-14-18(30-31(27)25(16(2)3)17(4)5)15-29-13-10-11-24-19(26)20(21,22)23/h16-18,27H,6-15H2,1-5H3,(H,24,26). The second-order valence-corrected chi connectivity index (χ2v) is 9.04. The number of nitrogens with one attached hydrogen (secondary N) is 1. The van der Waals surface area contributed by atoms with Crippen LogP contribution in [0.2, 0.25) is 0 Å². The molecule has 2 N–H and O–H groups in total. The molecule has 0 radical (unpaired) electrons. The highest BCUT2D eigenvalue weighted by Crippen LogP contribution is 2.41. The van der Waals surface area contributed by atoms with Crippen molar-refractivity contribution in [2.75, 3.05) is 33.0 Å². The Hall–Kier alpha value is -0.510. The van der Waals surface area contributed by atoms with Crippen molar-refractivity contribution in [3.8, 4) is 0 Å². The van der Waals surface area contributed by atoms with Gasteiger partial charge in [-0.1, -0.05) is 26.2 Å². The van der Waals surface area contributed by atoms with Crippen molar-refractivity contribution in [1.82, 2.24) is 9.99 Å². The molecule has 0 heterocycles. The Morgan fingerprint density at radius 2 is 1.55 bits per heavy atom. The lowest BCUT2D eigenvalue weighted by atomic mass is 10.2. The zero-order chi connectivity index (χ0) is 23.9. The molecule has 31 heavy (non-hydrogen) atoms. The van der Waals surface area contributed by atoms with E-state index in [9.17, 15) is 22.9 Å². The molecule has 0 bridgehead atoms. The molecular formula is C20H40F3N2O5P. The molecule has 11 heteroatoms. The van der Waals surface area contributed by atoms with Crippen molar-refractivity contribution in [1.29, 1.82) is 0 Å². The molecule has 0 saturated carbocycles. The van der Waals surface area contributed by atoms with Crippen LogP contribution in [-0.4, -0.2) is 72.8 Å². The third-order valence-electron chi connectivity index (χ3n) is 4.26. The van der Waals surface area contributed by atoms with Crippen LogP contribution in [-0.2, 0) is 18.8 Å². The van der Waals surface area contributed by atoms with Crippen LogP contribution in [0, 0.1) is 0 Å². The zero-order valence-corrected chi connectivity index (χ0v) is 20.3. The van der Waals surface area contributed by atoms with Crippen LogP contribution < -0.4 is 5.32 Å². The Kier molecular flexibility index (Phi) is 16.8. The van der Waals surface area contributed by atoms with Gasteiger partial charge in [0, 0.05) is 31.8 Å². The Labute approximate surface area is 186 Å². The number of rotatable bonds is 18. The fourth-order valence-corrected chi connectivity index (χ4v) is 4.11. The van der Waals surface area contributed by atoms with Gasteiger partial charge in [0.05, 0.1) is 13.2 Å². The highest BCUT2D eigenvalue weighted by Gasteiger charge is 2.38. The van der Waals surface area contributed by atoms with Crippen molar-refractivity contribution in [3.05, 3.63) is 0 Å². The molecule has 0 aromatic rings. The number of carbonyl (C=O) groups excluding carboxylic acids is 1. The maximum Gasteiger partial charge on any atom is 0.471 e. The van der Waals surface area contributed by atoms with Gasteiger partial charge in [0.25, 0.3) is 8.53 Å². The number of halogens is 3. The normalized spacial score (nSPS) is 14.5. The van der Waals surface area contributed by atoms with E-state index < -0.39 is 26.7 Å². The number of carbonyl (C=O) groups is 1. The first-order valence-corrected chi connectivity index (χ1v) is 12.1. The van der Waals surface area contributed by atoms with E-state index in [2.05, 4.69) is 6.92 Å². The summed E-state index contributed by atoms with van der Waals surface area (Å²) in [5, 5.41) is 1.80. The molecule has 0 spiro atoms. The van der Waals surface area contributed by atoms with Crippen LogP contribution in [0.15, 0.2) is 0 Å². The predicted molar refractivity (Wildman–Crippen MR) is 116 cm³/mol. The second-order valence-electron chi connectivity index (χ2n) is 7.87. The Balaban J connectivity index is 4.48. The largest absolute Gasteiger partial charge is 0.471 e. The fourth-order valence-electron chi connectivity index (χ4n) is 2.82. The van der Waals surface area contributed by atoms with Crippen LogP contribution >= 0.6 is 8.53 Å². The van der Waals surface area contributed by atoms with Crippen LogP contribution in [0.4, 0.5) is 13.2 Å². The molecule has 0 aromatic carbocycles. The van der Waals surface area contributed by atoms with Gasteiger partial charge in [-0.2, -0.15) is 13.2 Å². The van der Waals surface area contributed by atoms with Crippen molar-refractivity contribution in [2.24, 2.45) is 0 Å². The molecule has 186 valence electrons. The van der Waals surface area contributed by atoms with E-state index in [0.717, 1.165) is 25.7 Å². The van der Waals surface area contributed by atoms with E-state index in [4.69, 9.17) is 14.0 Å². The summed E-state index contributed by atoms with van der Waals surface area (Å²) >= 11 is 0. The third-order valence-corrected chi connectivity index (χ3v) is 6.06. The van der Waals surface area contributed by atoms with Gasteiger partial charge in [0.2, 0.25) is 0 Å². The highest BCUT2D eigenvalue weighted by atomic mass is 31.2. The zero-order valence-electron chi connectivity index (χ0n) is 19.4. The molecule has 0 aliphatic heterocycles. The third kappa shape index (κ3) is 15.0. The highest BCUT2D eigenvalue weighted by molar-refractivity contribution is 7.43. The molecule has 0 fully saturated rings. The van der Waals surface area contributed by atoms with Crippen LogP contribution in [0.25, 0.3) is 0 Å². The molecule has 1 amide bonds. The minimum absolute atomic E-state index is 0.0879. The number of hydrogen-bond acceptors (Lipinski definition) is 6. The van der Waals surface area contributed by atoms with Gasteiger partial charge in [-0.3, -0.25) is 4.79 Å². The number of ether oxygens (including phenoxy) is 2. The maximum absolute atomic E-state index is 12.1. The molecule has 2 atom stereocenters. The van der Waals surface area contributed by atoms with Gasteiger partial charge in [-0.15, -0.1) is 0 Å². The summed E-state index contributed by atoms with van der Waals surface area (Å²) in [6, 6.07) is 0.176. The molecule has 0 aromatic heterocycles. The van der Waals surface area contributed by atoms with Crippen molar-refractivity contribution in [2.45, 2.75) is 91.1 Å². The van der Waals surface area contributed by atoms with Gasteiger partial charge >= 0.3 is 12.1 Å². The van der Waals surface area contributed by atoms with Gasteiger partial charge in [0.1, 0.15) is 6.10 Å². The smallest absolute Gasteiger partial charge is 0.379 e. The molecule has 0 aliphatic rings. The first-order chi connectivity index (χ1) is 14.5. The van der Waals surface area contributed by atoms with Crippen LogP contribution in [0.1, 0.15) is 66.7 Å². The van der Waals surface area contributed by atoms with E-state index in [0.29, 0.717) is 6.61 Å². The molecule has 0 rings (SSSR count). The summed E-state index contributed by atoms with van der Waals surface area (Å²) in [7, 11) is -1.85. The van der Waals surface area contributed by atoms with Crippen molar-refractivity contribution < 1.29 is 36.9 Å². The minimum Gasteiger partial charge on any atom is -0.379 e. The van der Waals surface area contributed by atoms with E-state index in [1.54, 1.807) is 5.32 Å². The van der Waals surface area contributed by atoms with Crippen molar-refractivity contribution >= 4 is 14.4 Å². The van der Waals surface area contributed by atoms with Crippen molar-refractivity contribution in [3.63, 3.8) is 0 Å². The first kappa shape index (κ1) is 30.5. The number of nitrogens with zero attached hydrogens (tertiary/aromatic N) is 1. The maximum atomic E-state index is 12.1. The minimum atomic E-state index is -4.88. The van der Waals surface area contributed by atoms with E-state index in [1.807, 2.05) is 32.4 Å². The van der Waals surface area contributed by atoms with Gasteiger partial charge in [-0.25, -0.2) is 4.67 Å². The monoisotopic (exact) mass is 476 g/mol. The van der Waals surface area contributed by atoms with E-state index >= 15 is 0 Å². The predicted octanol–water partition coefficient (Wildman–Crippen LogP) is 4.39. The average molecular weight is 477 g/mol. The lowest BCUT2D eigenvalue weighted by Gasteiger charge is -2.34. The van der Waals surface area contributed by atoms with Gasteiger partial charge < -0.3 is 24.2 Å². The Morgan fingerprint density at radius 1 is 1.00 bits per heavy atom. The molecular weight excluding hydrogens is 436 g/mol. The van der Waals surface area contributed by atoms with Crippen LogP contribution in [0.5, 0.6) is 0 Å². The summed E-state index contributed by atoms with van der Waals surface area (Å²) in [5.74, 6) is -1.96. The summed E-state index contributed by atoms with van der Waals surface area (Å²) in [6.07, 6.45) is -0.848. The molecule has 2 unspecified atom stereocenters. The average Bonchev–Trinajstić information content (AvgIpc) is 2.65. The summed E-state index contributed by atoms with van der Waals surface area (Å²) in [6.45, 7) is 11.0. The number of amides is 1. The van der Waals surface area contributed by atoms with Gasteiger partial charge in [0.15, 0.2) is 0 Å². The summed E-state index contributed by atoms with van der Waals surface area (Å²) in [4.78, 5) is 21.3. The number of unbranched alkanes of at least 4 members (excludes halogenated alkanes) is 3. The second kappa shape index (κ2) is 17.0.